The molecular weight excluding hydrogens is 336 g/mol. The van der Waals surface area contributed by atoms with E-state index in [1.54, 1.807) is 7.05 Å². The molecule has 1 fully saturated rings. The van der Waals surface area contributed by atoms with Crippen LogP contribution in [0.4, 0.5) is 0 Å². The Morgan fingerprint density at radius 1 is 1.52 bits per heavy atom. The molecule has 1 aliphatic rings. The third-order valence-electron chi connectivity index (χ3n) is 4.19. The lowest BCUT2D eigenvalue weighted by atomic mass is 10.1. The fraction of sp³-hybridized carbons (Fsp3) is 0.667. The highest BCUT2D eigenvalue weighted by molar-refractivity contribution is 7.90. The number of nitrogens with zero attached hydrogens (tertiary/aromatic N) is 3. The van der Waals surface area contributed by atoms with Crippen molar-refractivity contribution >= 4 is 27.4 Å². The normalized spacial score (nSPS) is 17.2. The number of hydrogen-bond acceptors (Lipinski definition) is 3. The summed E-state index contributed by atoms with van der Waals surface area (Å²) in [6.07, 6.45) is 5.06. The van der Waals surface area contributed by atoms with Gasteiger partial charge in [-0.05, 0) is 18.9 Å². The van der Waals surface area contributed by atoms with Crippen LogP contribution in [0.3, 0.4) is 0 Å². The summed E-state index contributed by atoms with van der Waals surface area (Å²) in [5.74, 6) is 0.989. The summed E-state index contributed by atoms with van der Waals surface area (Å²) in [5, 5.41) is 4.02. The zero-order valence-corrected chi connectivity index (χ0v) is 15.7. The first kappa shape index (κ1) is 18.1. The SMILES string of the molecule is CN=C(NCC1(CS(C)(=O)=O)CC1)N(C)Cc1cc(Cl)cn1C. The van der Waals surface area contributed by atoms with Crippen molar-refractivity contribution in [3.05, 3.63) is 23.0 Å². The van der Waals surface area contributed by atoms with Crippen LogP contribution in [-0.2, 0) is 23.4 Å². The van der Waals surface area contributed by atoms with E-state index in [0.717, 1.165) is 24.5 Å². The van der Waals surface area contributed by atoms with E-state index < -0.39 is 9.84 Å². The zero-order chi connectivity index (χ0) is 17.3. The first-order valence-electron chi connectivity index (χ1n) is 7.54. The van der Waals surface area contributed by atoms with Crippen molar-refractivity contribution in [2.24, 2.45) is 17.5 Å². The maximum Gasteiger partial charge on any atom is 0.193 e. The predicted molar refractivity (Wildman–Crippen MR) is 94.6 cm³/mol. The second kappa shape index (κ2) is 6.73. The summed E-state index contributed by atoms with van der Waals surface area (Å²) in [5.41, 5.74) is 0.955. The van der Waals surface area contributed by atoms with Crippen molar-refractivity contribution in [2.45, 2.75) is 19.4 Å². The molecule has 0 unspecified atom stereocenters. The smallest absolute Gasteiger partial charge is 0.193 e. The van der Waals surface area contributed by atoms with Gasteiger partial charge in [0.05, 0.1) is 17.3 Å². The Morgan fingerprint density at radius 3 is 2.61 bits per heavy atom. The molecule has 130 valence electrons. The average Bonchev–Trinajstić information content (AvgIpc) is 3.08. The Bertz CT molecular complexity index is 692. The number of aryl methyl sites for hydroxylation is 1. The van der Waals surface area contributed by atoms with E-state index >= 15 is 0 Å². The van der Waals surface area contributed by atoms with E-state index in [1.807, 2.05) is 35.8 Å². The number of rotatable bonds is 6. The number of sulfone groups is 1. The fourth-order valence-corrected chi connectivity index (χ4v) is 4.57. The molecule has 8 heteroatoms. The number of halogens is 1. The largest absolute Gasteiger partial charge is 0.356 e. The van der Waals surface area contributed by atoms with Crippen molar-refractivity contribution in [3.8, 4) is 0 Å². The van der Waals surface area contributed by atoms with Crippen LogP contribution in [-0.4, -0.2) is 56.5 Å². The standard InChI is InChI=1S/C15H25ClN4O2S/c1-17-14(18-10-15(5-6-15)11-23(4,21)22)20(3)9-13-7-12(16)8-19(13)2/h7-8H,5-6,9-11H2,1-4H3,(H,17,18). The quantitative estimate of drug-likeness (QED) is 0.617. The summed E-state index contributed by atoms with van der Waals surface area (Å²) in [7, 11) is 2.68. The molecule has 0 aliphatic heterocycles. The number of nitrogens with one attached hydrogen (secondary N) is 1. The van der Waals surface area contributed by atoms with Gasteiger partial charge in [-0.1, -0.05) is 11.6 Å². The lowest BCUT2D eigenvalue weighted by molar-refractivity contribution is 0.446. The molecule has 0 saturated heterocycles. The molecule has 0 aromatic carbocycles. The van der Waals surface area contributed by atoms with Gasteiger partial charge in [-0.2, -0.15) is 0 Å². The molecule has 0 spiro atoms. The van der Waals surface area contributed by atoms with Gasteiger partial charge >= 0.3 is 0 Å². The number of hydrogen-bond donors (Lipinski definition) is 1. The summed E-state index contributed by atoms with van der Waals surface area (Å²) in [4.78, 5) is 6.29. The molecule has 23 heavy (non-hydrogen) atoms. The van der Waals surface area contributed by atoms with Gasteiger partial charge in [-0.25, -0.2) is 8.42 Å². The maximum atomic E-state index is 11.5. The summed E-state index contributed by atoms with van der Waals surface area (Å²) >= 11 is 6.01. The van der Waals surface area contributed by atoms with E-state index in [0.29, 0.717) is 18.1 Å². The van der Waals surface area contributed by atoms with E-state index in [-0.39, 0.29) is 11.2 Å². The van der Waals surface area contributed by atoms with Gasteiger partial charge in [0.15, 0.2) is 5.96 Å². The zero-order valence-electron chi connectivity index (χ0n) is 14.1. The minimum Gasteiger partial charge on any atom is -0.356 e. The van der Waals surface area contributed by atoms with Crippen LogP contribution in [0.1, 0.15) is 18.5 Å². The summed E-state index contributed by atoms with van der Waals surface area (Å²) in [6.45, 7) is 1.30. The fourth-order valence-electron chi connectivity index (χ4n) is 2.80. The van der Waals surface area contributed by atoms with Crippen LogP contribution < -0.4 is 5.32 Å². The highest BCUT2D eigenvalue weighted by Crippen LogP contribution is 2.46. The Balaban J connectivity index is 1.94. The lowest BCUT2D eigenvalue weighted by Crippen LogP contribution is -2.42. The molecule has 0 amide bonds. The minimum atomic E-state index is -2.96. The highest BCUT2D eigenvalue weighted by atomic mass is 35.5. The topological polar surface area (TPSA) is 66.7 Å². The van der Waals surface area contributed by atoms with E-state index in [1.165, 1.54) is 6.26 Å². The Hall–Kier alpha value is -1.21. The summed E-state index contributed by atoms with van der Waals surface area (Å²) < 4.78 is 25.0. The lowest BCUT2D eigenvalue weighted by Gasteiger charge is -2.24. The second-order valence-corrected chi connectivity index (χ2v) is 9.16. The van der Waals surface area contributed by atoms with Crippen molar-refractivity contribution in [2.75, 3.05) is 32.6 Å². The van der Waals surface area contributed by atoms with Crippen LogP contribution in [0.15, 0.2) is 17.3 Å². The molecule has 1 aliphatic carbocycles. The van der Waals surface area contributed by atoms with Gasteiger partial charge < -0.3 is 14.8 Å². The monoisotopic (exact) mass is 360 g/mol. The van der Waals surface area contributed by atoms with Crippen molar-refractivity contribution in [1.29, 1.82) is 0 Å². The van der Waals surface area contributed by atoms with Gasteiger partial charge in [-0.3, -0.25) is 4.99 Å². The van der Waals surface area contributed by atoms with Crippen LogP contribution in [0, 0.1) is 5.41 Å². The Morgan fingerprint density at radius 2 is 2.17 bits per heavy atom. The molecule has 1 aromatic heterocycles. The molecule has 1 heterocycles. The predicted octanol–water partition coefficient (Wildman–Crippen LogP) is 1.51. The molecule has 1 saturated carbocycles. The van der Waals surface area contributed by atoms with Crippen LogP contribution in [0.25, 0.3) is 0 Å². The molecule has 6 nitrogen and oxygen atoms in total. The molecule has 1 aromatic rings. The highest BCUT2D eigenvalue weighted by Gasteiger charge is 2.45. The Kier molecular flexibility index (Phi) is 5.30. The molecular formula is C15H25ClN4O2S. The van der Waals surface area contributed by atoms with Gasteiger partial charge in [0, 0.05) is 51.2 Å². The van der Waals surface area contributed by atoms with Crippen LogP contribution in [0.5, 0.6) is 0 Å². The van der Waals surface area contributed by atoms with Gasteiger partial charge in [-0.15, -0.1) is 0 Å². The average molecular weight is 361 g/mol. The molecule has 2 rings (SSSR count). The Labute approximate surface area is 143 Å². The van der Waals surface area contributed by atoms with Crippen LogP contribution in [0.2, 0.25) is 5.02 Å². The molecule has 1 N–H and O–H groups in total. The number of aliphatic imine (C=N–C) groups is 1. The first-order chi connectivity index (χ1) is 10.6. The number of aromatic nitrogens is 1. The first-order valence-corrected chi connectivity index (χ1v) is 9.98. The van der Waals surface area contributed by atoms with Crippen molar-refractivity contribution in [1.82, 2.24) is 14.8 Å². The third-order valence-corrected chi connectivity index (χ3v) is 5.54. The van der Waals surface area contributed by atoms with Crippen LogP contribution >= 0.6 is 11.6 Å². The van der Waals surface area contributed by atoms with Gasteiger partial charge in [0.25, 0.3) is 0 Å². The summed E-state index contributed by atoms with van der Waals surface area (Å²) in [6, 6.07) is 1.93. The van der Waals surface area contributed by atoms with Gasteiger partial charge in [0.1, 0.15) is 9.84 Å². The molecule has 0 bridgehead atoms. The van der Waals surface area contributed by atoms with Crippen molar-refractivity contribution < 1.29 is 8.42 Å². The van der Waals surface area contributed by atoms with E-state index in [2.05, 4.69) is 10.3 Å². The molecule has 0 atom stereocenters. The van der Waals surface area contributed by atoms with E-state index in [4.69, 9.17) is 11.6 Å². The number of guanidine groups is 1. The third kappa shape index (κ3) is 5.14. The minimum absolute atomic E-state index is 0.126. The molecule has 0 radical (unpaired) electrons. The van der Waals surface area contributed by atoms with Gasteiger partial charge in [0.2, 0.25) is 0 Å². The van der Waals surface area contributed by atoms with E-state index in [9.17, 15) is 8.42 Å². The van der Waals surface area contributed by atoms with Crippen molar-refractivity contribution in [3.63, 3.8) is 0 Å². The maximum absolute atomic E-state index is 11.5. The second-order valence-electron chi connectivity index (χ2n) is 6.59.